The molecule has 0 aliphatic carbocycles. The van der Waals surface area contributed by atoms with Gasteiger partial charge in [-0.05, 0) is 31.5 Å². The number of nitrogens with zero attached hydrogens (tertiary/aromatic N) is 1. The number of nitro groups is 1. The van der Waals surface area contributed by atoms with Crippen molar-refractivity contribution in [1.82, 2.24) is 0 Å². The number of non-ortho nitro benzene ring substituents is 1. The van der Waals surface area contributed by atoms with Crippen molar-refractivity contribution >= 4 is 23.0 Å². The van der Waals surface area contributed by atoms with Gasteiger partial charge in [0, 0.05) is 24.4 Å². The summed E-state index contributed by atoms with van der Waals surface area (Å²) in [7, 11) is 0. The zero-order valence-corrected chi connectivity index (χ0v) is 12.5. The van der Waals surface area contributed by atoms with E-state index in [2.05, 4.69) is 5.32 Å². The van der Waals surface area contributed by atoms with Gasteiger partial charge in [0.1, 0.15) is 11.5 Å². The molecule has 0 radical (unpaired) electrons. The summed E-state index contributed by atoms with van der Waals surface area (Å²) in [6, 6.07) is 9.92. The lowest BCUT2D eigenvalue weighted by Crippen LogP contribution is -1.98. The van der Waals surface area contributed by atoms with E-state index in [0.717, 1.165) is 5.56 Å². The number of hydrogen-bond donors (Lipinski definition) is 1. The molecular weight excluding hydrogens is 292 g/mol. The summed E-state index contributed by atoms with van der Waals surface area (Å²) >= 11 is 6.11. The van der Waals surface area contributed by atoms with E-state index in [0.29, 0.717) is 28.8 Å². The van der Waals surface area contributed by atoms with Crippen molar-refractivity contribution < 1.29 is 9.66 Å². The van der Waals surface area contributed by atoms with E-state index in [9.17, 15) is 10.1 Å². The maximum Gasteiger partial charge on any atom is 0.275 e. The second-order valence-corrected chi connectivity index (χ2v) is 4.95. The van der Waals surface area contributed by atoms with E-state index >= 15 is 0 Å². The van der Waals surface area contributed by atoms with Crippen LogP contribution in [0.1, 0.15) is 12.5 Å². The first-order valence-electron chi connectivity index (χ1n) is 6.47. The maximum atomic E-state index is 11.0. The van der Waals surface area contributed by atoms with Crippen molar-refractivity contribution in [1.29, 1.82) is 0 Å². The lowest BCUT2D eigenvalue weighted by molar-refractivity contribution is -0.384. The minimum Gasteiger partial charge on any atom is -0.455 e. The molecule has 0 atom stereocenters. The highest BCUT2D eigenvalue weighted by molar-refractivity contribution is 6.32. The quantitative estimate of drug-likeness (QED) is 0.637. The number of ether oxygens (including phenoxy) is 1. The molecule has 2 rings (SSSR count). The Hall–Kier alpha value is -2.27. The molecule has 0 saturated heterocycles. The van der Waals surface area contributed by atoms with E-state index in [1.165, 1.54) is 12.1 Å². The molecule has 0 aromatic heterocycles. The summed E-state index contributed by atoms with van der Waals surface area (Å²) < 4.78 is 5.67. The first kappa shape index (κ1) is 15.1. The van der Waals surface area contributed by atoms with Gasteiger partial charge in [-0.15, -0.1) is 0 Å². The standard InChI is InChI=1S/C15H15ClN2O3/c1-3-17-11-7-12(18(19)20)9-13(8-11)21-15-5-4-10(2)6-14(15)16/h4-9,17H,3H2,1-2H3. The molecule has 0 amide bonds. The van der Waals surface area contributed by atoms with Gasteiger partial charge < -0.3 is 10.1 Å². The topological polar surface area (TPSA) is 64.4 Å². The summed E-state index contributed by atoms with van der Waals surface area (Å²) in [5.74, 6) is 0.830. The molecule has 110 valence electrons. The third kappa shape index (κ3) is 3.86. The number of rotatable bonds is 5. The van der Waals surface area contributed by atoms with Crippen LogP contribution in [0.5, 0.6) is 11.5 Å². The lowest BCUT2D eigenvalue weighted by Gasteiger charge is -2.10. The average molecular weight is 307 g/mol. The van der Waals surface area contributed by atoms with E-state index in [4.69, 9.17) is 16.3 Å². The normalized spacial score (nSPS) is 10.2. The highest BCUT2D eigenvalue weighted by Crippen LogP contribution is 2.33. The molecule has 2 aromatic rings. The van der Waals surface area contributed by atoms with E-state index in [1.54, 1.807) is 18.2 Å². The van der Waals surface area contributed by atoms with Crippen LogP contribution in [0.25, 0.3) is 0 Å². The van der Waals surface area contributed by atoms with Crippen molar-refractivity contribution in [2.75, 3.05) is 11.9 Å². The smallest absolute Gasteiger partial charge is 0.275 e. The number of benzene rings is 2. The monoisotopic (exact) mass is 306 g/mol. The fourth-order valence-corrected chi connectivity index (χ4v) is 2.14. The molecule has 0 saturated carbocycles. The summed E-state index contributed by atoms with van der Waals surface area (Å²) in [6.45, 7) is 4.49. The first-order chi connectivity index (χ1) is 9.99. The van der Waals surface area contributed by atoms with Crippen LogP contribution in [0.2, 0.25) is 5.02 Å². The zero-order valence-electron chi connectivity index (χ0n) is 11.7. The molecule has 5 nitrogen and oxygen atoms in total. The van der Waals surface area contributed by atoms with Gasteiger partial charge in [-0.2, -0.15) is 0 Å². The van der Waals surface area contributed by atoms with Crippen LogP contribution in [0, 0.1) is 17.0 Å². The van der Waals surface area contributed by atoms with Crippen LogP contribution in [0.3, 0.4) is 0 Å². The Labute approximate surface area is 127 Å². The van der Waals surface area contributed by atoms with Crippen LogP contribution in [-0.4, -0.2) is 11.5 Å². The molecule has 21 heavy (non-hydrogen) atoms. The van der Waals surface area contributed by atoms with Gasteiger partial charge in [0.25, 0.3) is 5.69 Å². The Kier molecular flexibility index (Phi) is 4.65. The fourth-order valence-electron chi connectivity index (χ4n) is 1.87. The Morgan fingerprint density at radius 3 is 2.67 bits per heavy atom. The summed E-state index contributed by atoms with van der Waals surface area (Å²) in [5.41, 5.74) is 1.61. The molecule has 0 heterocycles. The molecule has 0 fully saturated rings. The van der Waals surface area contributed by atoms with Gasteiger partial charge >= 0.3 is 0 Å². The maximum absolute atomic E-state index is 11.0. The number of nitro benzene ring substituents is 1. The second-order valence-electron chi connectivity index (χ2n) is 4.54. The molecule has 6 heteroatoms. The van der Waals surface area contributed by atoms with Crippen molar-refractivity contribution in [3.8, 4) is 11.5 Å². The highest BCUT2D eigenvalue weighted by Gasteiger charge is 2.12. The van der Waals surface area contributed by atoms with Gasteiger partial charge in [0.2, 0.25) is 0 Å². The van der Waals surface area contributed by atoms with Crippen molar-refractivity contribution in [3.63, 3.8) is 0 Å². The molecule has 1 N–H and O–H groups in total. The van der Waals surface area contributed by atoms with Crippen LogP contribution in [-0.2, 0) is 0 Å². The molecule has 0 spiro atoms. The van der Waals surface area contributed by atoms with E-state index in [-0.39, 0.29) is 5.69 Å². The minimum atomic E-state index is -0.454. The van der Waals surface area contributed by atoms with Crippen molar-refractivity contribution in [3.05, 3.63) is 57.1 Å². The van der Waals surface area contributed by atoms with Crippen LogP contribution in [0.4, 0.5) is 11.4 Å². The zero-order chi connectivity index (χ0) is 15.4. The first-order valence-corrected chi connectivity index (χ1v) is 6.84. The summed E-state index contributed by atoms with van der Waals surface area (Å²) in [5, 5.41) is 14.5. The van der Waals surface area contributed by atoms with Crippen LogP contribution >= 0.6 is 11.6 Å². The third-order valence-electron chi connectivity index (χ3n) is 2.80. The predicted molar refractivity (Wildman–Crippen MR) is 83.5 cm³/mol. The number of halogens is 1. The fraction of sp³-hybridized carbons (Fsp3) is 0.200. The van der Waals surface area contributed by atoms with Crippen molar-refractivity contribution in [2.24, 2.45) is 0 Å². The highest BCUT2D eigenvalue weighted by atomic mass is 35.5. The van der Waals surface area contributed by atoms with Gasteiger partial charge in [0.05, 0.1) is 16.0 Å². The Bertz CT molecular complexity index is 674. The Morgan fingerprint density at radius 1 is 1.29 bits per heavy atom. The second kappa shape index (κ2) is 6.45. The Morgan fingerprint density at radius 2 is 2.05 bits per heavy atom. The van der Waals surface area contributed by atoms with Crippen LogP contribution in [0.15, 0.2) is 36.4 Å². The molecule has 0 aliphatic heterocycles. The van der Waals surface area contributed by atoms with Gasteiger partial charge in [-0.25, -0.2) is 0 Å². The van der Waals surface area contributed by atoms with Crippen molar-refractivity contribution in [2.45, 2.75) is 13.8 Å². The average Bonchev–Trinajstić information content (AvgIpc) is 2.42. The number of nitrogens with one attached hydrogen (secondary N) is 1. The van der Waals surface area contributed by atoms with E-state index in [1.807, 2.05) is 19.9 Å². The van der Waals surface area contributed by atoms with Crippen LogP contribution < -0.4 is 10.1 Å². The predicted octanol–water partition coefficient (Wildman–Crippen LogP) is 4.78. The SMILES string of the molecule is CCNc1cc(Oc2ccc(C)cc2Cl)cc([N+](=O)[O-])c1. The molecular formula is C15H15ClN2O3. The lowest BCUT2D eigenvalue weighted by atomic mass is 10.2. The number of aryl methyl sites for hydroxylation is 1. The van der Waals surface area contributed by atoms with Gasteiger partial charge in [-0.3, -0.25) is 10.1 Å². The Balaban J connectivity index is 2.36. The molecule has 0 bridgehead atoms. The number of hydrogen-bond acceptors (Lipinski definition) is 4. The van der Waals surface area contributed by atoms with E-state index < -0.39 is 4.92 Å². The van der Waals surface area contributed by atoms with Gasteiger partial charge in [-0.1, -0.05) is 17.7 Å². The minimum absolute atomic E-state index is 0.0355. The molecule has 0 unspecified atom stereocenters. The third-order valence-corrected chi connectivity index (χ3v) is 3.09. The number of anilines is 1. The molecule has 0 aliphatic rings. The molecule has 2 aromatic carbocycles. The largest absolute Gasteiger partial charge is 0.455 e. The summed E-state index contributed by atoms with van der Waals surface area (Å²) in [6.07, 6.45) is 0. The summed E-state index contributed by atoms with van der Waals surface area (Å²) in [4.78, 5) is 10.5. The van der Waals surface area contributed by atoms with Gasteiger partial charge in [0.15, 0.2) is 0 Å².